The molecule has 1 aromatic heterocycles. The Balaban J connectivity index is 1.81. The summed E-state index contributed by atoms with van der Waals surface area (Å²) in [5.74, 6) is -0.514. The highest BCUT2D eigenvalue weighted by molar-refractivity contribution is 7.13. The number of nitro groups is 1. The molecule has 0 fully saturated rings. The molecule has 0 amide bonds. The van der Waals surface area contributed by atoms with E-state index in [2.05, 4.69) is 4.98 Å². The largest absolute Gasteiger partial charge is 0.496 e. The van der Waals surface area contributed by atoms with E-state index in [0.717, 1.165) is 16.3 Å². The number of ether oxygens (including phenoxy) is 2. The quantitative estimate of drug-likeness (QED) is 0.288. The van der Waals surface area contributed by atoms with Crippen LogP contribution in [-0.4, -0.2) is 23.0 Å². The maximum atomic E-state index is 12.3. The summed E-state index contributed by atoms with van der Waals surface area (Å²) in [6, 6.07) is 10.8. The topological polar surface area (TPSA) is 91.6 Å². The lowest BCUT2D eigenvalue weighted by Crippen LogP contribution is -2.09. The van der Waals surface area contributed by atoms with Gasteiger partial charge in [0.2, 0.25) is 5.75 Å². The number of rotatable bonds is 5. The number of carbonyl (C=O) groups is 1. The Hall–Kier alpha value is -3.26. The van der Waals surface area contributed by atoms with E-state index in [1.807, 2.05) is 12.3 Å². The van der Waals surface area contributed by atoms with E-state index in [9.17, 15) is 14.9 Å². The lowest BCUT2D eigenvalue weighted by atomic mass is 10.1. The summed E-state index contributed by atoms with van der Waals surface area (Å²) in [4.78, 5) is 27.2. The molecule has 0 aliphatic heterocycles. The van der Waals surface area contributed by atoms with E-state index in [4.69, 9.17) is 9.47 Å². The van der Waals surface area contributed by atoms with Crippen molar-refractivity contribution in [3.05, 3.63) is 69.2 Å². The summed E-state index contributed by atoms with van der Waals surface area (Å²) in [6.07, 6.45) is 0. The van der Waals surface area contributed by atoms with Crippen LogP contribution in [0.25, 0.3) is 10.6 Å². The SMILES string of the molecule is COc1ccc(OC(=O)c2ccc(-c3nc(C)cs3)cc2)c([N+](=O)[O-])c1. The number of nitro benzene ring substituents is 1. The Labute approximate surface area is 153 Å². The molecule has 0 bridgehead atoms. The van der Waals surface area contributed by atoms with Gasteiger partial charge in [0.15, 0.2) is 0 Å². The van der Waals surface area contributed by atoms with Gasteiger partial charge in [-0.15, -0.1) is 11.3 Å². The van der Waals surface area contributed by atoms with Crippen molar-refractivity contribution >= 4 is 23.0 Å². The predicted octanol–water partition coefficient (Wildman–Crippen LogP) is 4.25. The first-order valence-corrected chi connectivity index (χ1v) is 8.43. The second kappa shape index (κ2) is 7.32. The van der Waals surface area contributed by atoms with Gasteiger partial charge in [-0.1, -0.05) is 12.1 Å². The third kappa shape index (κ3) is 3.70. The average molecular weight is 370 g/mol. The van der Waals surface area contributed by atoms with Crippen LogP contribution in [0.2, 0.25) is 0 Å². The fourth-order valence-corrected chi connectivity index (χ4v) is 3.05. The summed E-state index contributed by atoms with van der Waals surface area (Å²) in [5.41, 5.74) is 1.76. The number of nitrogens with zero attached hydrogens (tertiary/aromatic N) is 2. The number of hydrogen-bond donors (Lipinski definition) is 0. The Kier molecular flexibility index (Phi) is 4.94. The van der Waals surface area contributed by atoms with Crippen molar-refractivity contribution in [2.24, 2.45) is 0 Å². The van der Waals surface area contributed by atoms with Crippen LogP contribution in [0.5, 0.6) is 11.5 Å². The van der Waals surface area contributed by atoms with Crippen molar-refractivity contribution in [1.29, 1.82) is 0 Å². The Bertz CT molecular complexity index is 966. The lowest BCUT2D eigenvalue weighted by molar-refractivity contribution is -0.385. The van der Waals surface area contributed by atoms with Crippen LogP contribution in [0.1, 0.15) is 16.1 Å². The number of benzene rings is 2. The van der Waals surface area contributed by atoms with E-state index in [0.29, 0.717) is 5.75 Å². The number of methoxy groups -OCH3 is 1. The van der Waals surface area contributed by atoms with Crippen molar-refractivity contribution < 1.29 is 19.2 Å². The molecule has 7 nitrogen and oxygen atoms in total. The molecule has 0 unspecified atom stereocenters. The van der Waals surface area contributed by atoms with Crippen LogP contribution in [0.3, 0.4) is 0 Å². The van der Waals surface area contributed by atoms with E-state index >= 15 is 0 Å². The zero-order chi connectivity index (χ0) is 18.7. The zero-order valence-corrected chi connectivity index (χ0v) is 14.8. The molecule has 26 heavy (non-hydrogen) atoms. The summed E-state index contributed by atoms with van der Waals surface area (Å²) in [7, 11) is 1.40. The number of hydrogen-bond acceptors (Lipinski definition) is 7. The molecule has 0 spiro atoms. The molecule has 3 rings (SSSR count). The van der Waals surface area contributed by atoms with E-state index in [1.54, 1.807) is 24.3 Å². The minimum Gasteiger partial charge on any atom is -0.496 e. The molecule has 132 valence electrons. The number of aryl methyl sites for hydroxylation is 1. The van der Waals surface area contributed by atoms with Gasteiger partial charge in [0.05, 0.1) is 23.7 Å². The zero-order valence-electron chi connectivity index (χ0n) is 14.0. The predicted molar refractivity (Wildman–Crippen MR) is 96.9 cm³/mol. The molecular formula is C18H14N2O5S. The Morgan fingerprint density at radius 2 is 1.92 bits per heavy atom. The molecule has 0 saturated carbocycles. The van der Waals surface area contributed by atoms with Crippen LogP contribution in [0.4, 0.5) is 5.69 Å². The van der Waals surface area contributed by atoms with Crippen LogP contribution in [-0.2, 0) is 0 Å². The number of esters is 1. The second-order valence-corrected chi connectivity index (χ2v) is 6.21. The molecule has 0 atom stereocenters. The molecular weight excluding hydrogens is 356 g/mol. The smallest absolute Gasteiger partial charge is 0.343 e. The lowest BCUT2D eigenvalue weighted by Gasteiger charge is -2.07. The molecule has 0 aliphatic rings. The first-order valence-electron chi connectivity index (χ1n) is 7.55. The molecule has 8 heteroatoms. The normalized spacial score (nSPS) is 10.4. The van der Waals surface area contributed by atoms with Gasteiger partial charge in [-0.05, 0) is 31.2 Å². The number of aromatic nitrogens is 1. The van der Waals surface area contributed by atoms with Gasteiger partial charge in [0.1, 0.15) is 10.8 Å². The minimum atomic E-state index is -0.680. The highest BCUT2D eigenvalue weighted by Crippen LogP contribution is 2.32. The van der Waals surface area contributed by atoms with Crippen LogP contribution >= 0.6 is 11.3 Å². The van der Waals surface area contributed by atoms with Gasteiger partial charge in [-0.3, -0.25) is 10.1 Å². The van der Waals surface area contributed by atoms with Crippen molar-refractivity contribution in [1.82, 2.24) is 4.98 Å². The third-order valence-corrected chi connectivity index (χ3v) is 4.56. The highest BCUT2D eigenvalue weighted by Gasteiger charge is 2.20. The second-order valence-electron chi connectivity index (χ2n) is 5.35. The summed E-state index contributed by atoms with van der Waals surface area (Å²) < 4.78 is 10.1. The van der Waals surface area contributed by atoms with Crippen LogP contribution in [0, 0.1) is 17.0 Å². The monoisotopic (exact) mass is 370 g/mol. The van der Waals surface area contributed by atoms with E-state index in [-0.39, 0.29) is 17.0 Å². The fourth-order valence-electron chi connectivity index (χ4n) is 2.25. The maximum Gasteiger partial charge on any atom is 0.343 e. The standard InChI is InChI=1S/C18H14N2O5S/c1-11-10-26-17(19-11)12-3-5-13(6-4-12)18(21)25-16-8-7-14(24-2)9-15(16)20(22)23/h3-10H,1-2H3. The number of thiazole rings is 1. The van der Waals surface area contributed by atoms with Gasteiger partial charge in [0.25, 0.3) is 0 Å². The Morgan fingerprint density at radius 1 is 1.19 bits per heavy atom. The summed E-state index contributed by atoms with van der Waals surface area (Å²) in [6.45, 7) is 1.91. The molecule has 0 saturated heterocycles. The fraction of sp³-hybridized carbons (Fsp3) is 0.111. The molecule has 3 aromatic rings. The maximum absolute atomic E-state index is 12.3. The molecule has 0 aliphatic carbocycles. The molecule has 0 N–H and O–H groups in total. The van der Waals surface area contributed by atoms with E-state index < -0.39 is 10.9 Å². The van der Waals surface area contributed by atoms with Crippen LogP contribution in [0.15, 0.2) is 47.8 Å². The number of carbonyl (C=O) groups excluding carboxylic acids is 1. The highest BCUT2D eigenvalue weighted by atomic mass is 32.1. The van der Waals surface area contributed by atoms with E-state index in [1.165, 1.54) is 36.6 Å². The summed E-state index contributed by atoms with van der Waals surface area (Å²) in [5, 5.41) is 14.0. The molecule has 0 radical (unpaired) electrons. The minimum absolute atomic E-state index is 0.138. The molecule has 2 aromatic carbocycles. The van der Waals surface area contributed by atoms with Gasteiger partial charge in [-0.25, -0.2) is 9.78 Å². The molecule has 1 heterocycles. The van der Waals surface area contributed by atoms with Crippen LogP contribution < -0.4 is 9.47 Å². The first kappa shape index (κ1) is 17.6. The summed E-state index contributed by atoms with van der Waals surface area (Å²) >= 11 is 1.51. The first-order chi connectivity index (χ1) is 12.5. The van der Waals surface area contributed by atoms with Gasteiger partial charge in [-0.2, -0.15) is 0 Å². The van der Waals surface area contributed by atoms with Crippen molar-refractivity contribution in [3.8, 4) is 22.1 Å². The average Bonchev–Trinajstić information content (AvgIpc) is 3.08. The Morgan fingerprint density at radius 3 is 2.50 bits per heavy atom. The van der Waals surface area contributed by atoms with Crippen molar-refractivity contribution in [2.45, 2.75) is 6.92 Å². The third-order valence-electron chi connectivity index (χ3n) is 3.55. The van der Waals surface area contributed by atoms with Gasteiger partial charge >= 0.3 is 11.7 Å². The van der Waals surface area contributed by atoms with Gasteiger partial charge < -0.3 is 9.47 Å². The van der Waals surface area contributed by atoms with Crippen molar-refractivity contribution in [3.63, 3.8) is 0 Å². The van der Waals surface area contributed by atoms with Gasteiger partial charge in [0, 0.05) is 16.6 Å². The van der Waals surface area contributed by atoms with Crippen molar-refractivity contribution in [2.75, 3.05) is 7.11 Å².